The largest absolute Gasteiger partial charge is 0.454 e. The van der Waals surface area contributed by atoms with E-state index in [0.29, 0.717) is 28.4 Å². The van der Waals surface area contributed by atoms with Gasteiger partial charge in [0.1, 0.15) is 11.9 Å². The fourth-order valence-electron chi connectivity index (χ4n) is 4.00. The number of urea groups is 1. The highest BCUT2D eigenvalue weighted by molar-refractivity contribution is 6.23. The smallest absolute Gasteiger partial charge is 0.322 e. The quantitative estimate of drug-likeness (QED) is 0.582. The van der Waals surface area contributed by atoms with Gasteiger partial charge >= 0.3 is 6.03 Å². The third-order valence-electron chi connectivity index (χ3n) is 5.66. The van der Waals surface area contributed by atoms with Crippen molar-refractivity contribution in [1.82, 2.24) is 4.90 Å². The number of imide groups is 1. The molecule has 0 aromatic heterocycles. The molecule has 2 heterocycles. The number of amides is 4. The normalized spacial score (nSPS) is 16.6. The van der Waals surface area contributed by atoms with Crippen LogP contribution in [0, 0.1) is 5.82 Å². The molecule has 1 N–H and O–H groups in total. The molecule has 1 fully saturated rings. The van der Waals surface area contributed by atoms with Gasteiger partial charge in [-0.25, -0.2) is 14.1 Å². The number of ether oxygens (including phenoxy) is 2. The van der Waals surface area contributed by atoms with Crippen molar-refractivity contribution in [3.63, 3.8) is 0 Å². The van der Waals surface area contributed by atoms with Crippen LogP contribution in [0.25, 0.3) is 0 Å². The van der Waals surface area contributed by atoms with Crippen LogP contribution in [-0.2, 0) is 16.1 Å². The first-order valence-electron chi connectivity index (χ1n) is 10.6. The lowest BCUT2D eigenvalue weighted by Gasteiger charge is -2.28. The lowest BCUT2D eigenvalue weighted by Crippen LogP contribution is -2.46. The molecule has 0 spiro atoms. The van der Waals surface area contributed by atoms with Gasteiger partial charge in [-0.3, -0.25) is 9.59 Å². The Morgan fingerprint density at radius 3 is 2.50 bits per heavy atom. The van der Waals surface area contributed by atoms with E-state index in [1.165, 1.54) is 29.2 Å². The van der Waals surface area contributed by atoms with Gasteiger partial charge in [-0.05, 0) is 54.1 Å². The molecule has 0 saturated carbocycles. The number of halogens is 1. The van der Waals surface area contributed by atoms with Crippen LogP contribution in [0.4, 0.5) is 20.6 Å². The van der Waals surface area contributed by atoms with E-state index in [1.54, 1.807) is 48.5 Å². The SMILES string of the molecule is O=C1C[C@H](N(Cc2ccc3c(c2)OCO3)C(=O)Nc2ccc(F)cc2)C(=O)N1c1ccccc1. The summed E-state index contributed by atoms with van der Waals surface area (Å²) in [5.41, 5.74) is 1.50. The average Bonchev–Trinajstić information content (AvgIpc) is 3.42. The molecule has 8 nitrogen and oxygen atoms in total. The summed E-state index contributed by atoms with van der Waals surface area (Å²) in [7, 11) is 0. The number of carbonyl (C=O) groups excluding carboxylic acids is 3. The van der Waals surface area contributed by atoms with Crippen molar-refractivity contribution in [3.8, 4) is 11.5 Å². The summed E-state index contributed by atoms with van der Waals surface area (Å²) in [6.07, 6.45) is -0.158. The van der Waals surface area contributed by atoms with Crippen molar-refractivity contribution in [3.05, 3.63) is 84.2 Å². The molecule has 34 heavy (non-hydrogen) atoms. The zero-order valence-corrected chi connectivity index (χ0v) is 17.9. The Balaban J connectivity index is 1.44. The number of nitrogens with zero attached hydrogens (tertiary/aromatic N) is 2. The van der Waals surface area contributed by atoms with Crippen LogP contribution in [0.15, 0.2) is 72.8 Å². The molecule has 2 aliphatic heterocycles. The van der Waals surface area contributed by atoms with Gasteiger partial charge < -0.3 is 19.7 Å². The molecule has 0 bridgehead atoms. The Labute approximate surface area is 194 Å². The second-order valence-corrected chi connectivity index (χ2v) is 7.88. The highest BCUT2D eigenvalue weighted by Gasteiger charge is 2.44. The van der Waals surface area contributed by atoms with Gasteiger partial charge in [-0.1, -0.05) is 24.3 Å². The molecule has 1 atom stereocenters. The van der Waals surface area contributed by atoms with Crippen molar-refractivity contribution in [2.24, 2.45) is 0 Å². The predicted molar refractivity (Wildman–Crippen MR) is 121 cm³/mol. The van der Waals surface area contributed by atoms with Gasteiger partial charge in [0.25, 0.3) is 5.91 Å². The molecule has 4 amide bonds. The van der Waals surface area contributed by atoms with Crippen molar-refractivity contribution < 1.29 is 28.2 Å². The van der Waals surface area contributed by atoms with Crippen LogP contribution in [0.1, 0.15) is 12.0 Å². The number of hydrogen-bond acceptors (Lipinski definition) is 5. The Morgan fingerprint density at radius 2 is 1.74 bits per heavy atom. The highest BCUT2D eigenvalue weighted by Crippen LogP contribution is 2.34. The van der Waals surface area contributed by atoms with Gasteiger partial charge in [-0.15, -0.1) is 0 Å². The summed E-state index contributed by atoms with van der Waals surface area (Å²) in [4.78, 5) is 41.8. The molecular formula is C25H20FN3O5. The maximum absolute atomic E-state index is 13.3. The van der Waals surface area contributed by atoms with Gasteiger partial charge in [0, 0.05) is 12.2 Å². The van der Waals surface area contributed by atoms with E-state index >= 15 is 0 Å². The number of carbonyl (C=O) groups is 3. The van der Waals surface area contributed by atoms with E-state index in [-0.39, 0.29) is 19.8 Å². The second-order valence-electron chi connectivity index (χ2n) is 7.88. The van der Waals surface area contributed by atoms with Crippen LogP contribution in [0.5, 0.6) is 11.5 Å². The minimum Gasteiger partial charge on any atom is -0.454 e. The highest BCUT2D eigenvalue weighted by atomic mass is 19.1. The van der Waals surface area contributed by atoms with E-state index in [2.05, 4.69) is 5.32 Å². The first-order valence-corrected chi connectivity index (χ1v) is 10.6. The molecule has 172 valence electrons. The van der Waals surface area contributed by atoms with E-state index in [9.17, 15) is 18.8 Å². The zero-order valence-electron chi connectivity index (χ0n) is 17.9. The van der Waals surface area contributed by atoms with Crippen molar-refractivity contribution in [2.75, 3.05) is 17.0 Å². The van der Waals surface area contributed by atoms with E-state index < -0.39 is 29.7 Å². The summed E-state index contributed by atoms with van der Waals surface area (Å²) in [5, 5.41) is 2.69. The molecule has 9 heteroatoms. The van der Waals surface area contributed by atoms with Crippen molar-refractivity contribution in [2.45, 2.75) is 19.0 Å². The Kier molecular flexibility index (Phi) is 5.59. The molecule has 3 aromatic rings. The molecule has 5 rings (SSSR count). The summed E-state index contributed by atoms with van der Waals surface area (Å²) in [6.45, 7) is 0.144. The molecule has 0 aliphatic carbocycles. The van der Waals surface area contributed by atoms with E-state index in [0.717, 1.165) is 4.90 Å². The first-order chi connectivity index (χ1) is 16.5. The minimum absolute atomic E-state index is 0.0377. The Morgan fingerprint density at radius 1 is 1.00 bits per heavy atom. The molecular weight excluding hydrogens is 441 g/mol. The number of para-hydroxylation sites is 1. The van der Waals surface area contributed by atoms with Gasteiger partial charge in [0.2, 0.25) is 12.7 Å². The molecule has 2 aliphatic rings. The number of rotatable bonds is 5. The molecule has 0 unspecified atom stereocenters. The van der Waals surface area contributed by atoms with Crippen LogP contribution >= 0.6 is 0 Å². The molecule has 3 aromatic carbocycles. The fourth-order valence-corrected chi connectivity index (χ4v) is 4.00. The molecule has 0 radical (unpaired) electrons. The standard InChI is InChI=1S/C25H20FN3O5/c26-17-7-9-18(10-8-17)27-25(32)28(14-16-6-11-21-22(12-16)34-15-33-21)20-13-23(30)29(24(20)31)19-4-2-1-3-5-19/h1-12,20H,13-15H2,(H,27,32)/t20-/m0/s1. The third kappa shape index (κ3) is 4.15. The number of nitrogens with one attached hydrogen (secondary N) is 1. The van der Waals surface area contributed by atoms with Crippen LogP contribution < -0.4 is 19.7 Å². The van der Waals surface area contributed by atoms with E-state index in [1.807, 2.05) is 0 Å². The summed E-state index contributed by atoms with van der Waals surface area (Å²) < 4.78 is 24.0. The van der Waals surface area contributed by atoms with Crippen molar-refractivity contribution in [1.29, 1.82) is 0 Å². The monoisotopic (exact) mass is 461 g/mol. The number of anilines is 2. The number of fused-ring (bicyclic) bond motifs is 1. The number of hydrogen-bond donors (Lipinski definition) is 1. The Bertz CT molecular complexity index is 1250. The summed E-state index contributed by atoms with van der Waals surface area (Å²) in [5.74, 6) is -0.201. The van der Waals surface area contributed by atoms with Crippen LogP contribution in [0.3, 0.4) is 0 Å². The third-order valence-corrected chi connectivity index (χ3v) is 5.66. The lowest BCUT2D eigenvalue weighted by molar-refractivity contribution is -0.122. The molecule has 1 saturated heterocycles. The lowest BCUT2D eigenvalue weighted by atomic mass is 10.1. The van der Waals surface area contributed by atoms with Crippen LogP contribution in [-0.4, -0.2) is 35.6 Å². The van der Waals surface area contributed by atoms with Gasteiger partial charge in [0.05, 0.1) is 12.1 Å². The van der Waals surface area contributed by atoms with Gasteiger partial charge in [0.15, 0.2) is 11.5 Å². The maximum atomic E-state index is 13.3. The summed E-state index contributed by atoms with van der Waals surface area (Å²) >= 11 is 0. The minimum atomic E-state index is -1.02. The Hall–Kier alpha value is -4.40. The van der Waals surface area contributed by atoms with Gasteiger partial charge in [-0.2, -0.15) is 0 Å². The van der Waals surface area contributed by atoms with Crippen molar-refractivity contribution >= 4 is 29.2 Å². The zero-order chi connectivity index (χ0) is 23.7. The maximum Gasteiger partial charge on any atom is 0.322 e. The average molecular weight is 461 g/mol. The van der Waals surface area contributed by atoms with Crippen LogP contribution in [0.2, 0.25) is 0 Å². The van der Waals surface area contributed by atoms with E-state index in [4.69, 9.17) is 9.47 Å². The topological polar surface area (TPSA) is 88.2 Å². The fraction of sp³-hybridized carbons (Fsp3) is 0.160. The first kappa shape index (κ1) is 21.4. The predicted octanol–water partition coefficient (Wildman–Crippen LogP) is 3.92. The number of benzene rings is 3. The second kappa shape index (κ2) is 8.86. The summed E-state index contributed by atoms with van der Waals surface area (Å²) in [6, 6.07) is 17.5.